The fourth-order valence-electron chi connectivity index (χ4n) is 1.60. The third-order valence-corrected chi connectivity index (χ3v) is 2.77. The van der Waals surface area contributed by atoms with Gasteiger partial charge in [0.1, 0.15) is 10.8 Å². The molecule has 0 saturated heterocycles. The van der Waals surface area contributed by atoms with Crippen LogP contribution in [0.4, 0.5) is 0 Å². The summed E-state index contributed by atoms with van der Waals surface area (Å²) >= 11 is 6.03. The van der Waals surface area contributed by atoms with Crippen LogP contribution < -0.4 is 5.32 Å². The minimum absolute atomic E-state index is 0.185. The molecule has 0 bridgehead atoms. The zero-order valence-corrected chi connectivity index (χ0v) is 10.6. The third kappa shape index (κ3) is 2.78. The molecule has 0 radical (unpaired) electrons. The Labute approximate surface area is 110 Å². The summed E-state index contributed by atoms with van der Waals surface area (Å²) < 4.78 is 0. The molecule has 1 heterocycles. The largest absolute Gasteiger partial charge is 0.392 e. The van der Waals surface area contributed by atoms with E-state index in [-0.39, 0.29) is 18.1 Å². The lowest BCUT2D eigenvalue weighted by atomic mass is 10.1. The van der Waals surface area contributed by atoms with E-state index in [1.54, 1.807) is 13.0 Å². The maximum Gasteiger partial charge on any atom is 0.270 e. The molecule has 1 amide bonds. The van der Waals surface area contributed by atoms with Crippen molar-refractivity contribution in [2.75, 3.05) is 6.54 Å². The monoisotopic (exact) mass is 264 g/mol. The van der Waals surface area contributed by atoms with Gasteiger partial charge in [-0.1, -0.05) is 35.9 Å². The van der Waals surface area contributed by atoms with Gasteiger partial charge in [-0.2, -0.15) is 0 Å². The Kier molecular flexibility index (Phi) is 3.79. The van der Waals surface area contributed by atoms with E-state index in [2.05, 4.69) is 10.3 Å². The topological polar surface area (TPSA) is 62.2 Å². The Morgan fingerprint density at radius 2 is 2.22 bits per heavy atom. The lowest BCUT2D eigenvalue weighted by molar-refractivity contribution is 0.0919. The van der Waals surface area contributed by atoms with Crippen molar-refractivity contribution in [2.45, 2.75) is 13.0 Å². The van der Waals surface area contributed by atoms with Crippen LogP contribution in [0.25, 0.3) is 10.8 Å². The van der Waals surface area contributed by atoms with Gasteiger partial charge in [0.25, 0.3) is 5.91 Å². The van der Waals surface area contributed by atoms with Gasteiger partial charge >= 0.3 is 0 Å². The highest BCUT2D eigenvalue weighted by Crippen LogP contribution is 2.22. The normalized spacial score (nSPS) is 12.4. The molecule has 2 N–H and O–H groups in total. The second kappa shape index (κ2) is 5.33. The summed E-state index contributed by atoms with van der Waals surface area (Å²) in [5, 5.41) is 13.7. The fraction of sp³-hybridized carbons (Fsp3) is 0.231. The van der Waals surface area contributed by atoms with Gasteiger partial charge in [-0.25, -0.2) is 4.98 Å². The zero-order valence-electron chi connectivity index (χ0n) is 9.85. The van der Waals surface area contributed by atoms with Crippen LogP contribution in [0, 0.1) is 0 Å². The highest BCUT2D eigenvalue weighted by Gasteiger charge is 2.11. The first-order valence-corrected chi connectivity index (χ1v) is 5.97. The number of fused-ring (bicyclic) bond motifs is 1. The predicted molar refractivity (Wildman–Crippen MR) is 70.8 cm³/mol. The van der Waals surface area contributed by atoms with E-state index in [1.807, 2.05) is 24.3 Å². The van der Waals surface area contributed by atoms with Gasteiger partial charge in [-0.3, -0.25) is 4.79 Å². The van der Waals surface area contributed by atoms with Gasteiger partial charge in [0.05, 0.1) is 6.10 Å². The van der Waals surface area contributed by atoms with Crippen molar-refractivity contribution in [3.8, 4) is 0 Å². The quantitative estimate of drug-likeness (QED) is 0.834. The smallest absolute Gasteiger partial charge is 0.270 e. The number of halogens is 1. The summed E-state index contributed by atoms with van der Waals surface area (Å²) in [5.41, 5.74) is 0.249. The van der Waals surface area contributed by atoms with Gasteiger partial charge in [-0.05, 0) is 18.4 Å². The van der Waals surface area contributed by atoms with Crippen LogP contribution in [0.2, 0.25) is 5.15 Å². The lowest BCUT2D eigenvalue weighted by Crippen LogP contribution is -2.31. The van der Waals surface area contributed by atoms with E-state index < -0.39 is 6.10 Å². The molecule has 0 spiro atoms. The minimum atomic E-state index is -0.593. The number of amides is 1. The Morgan fingerprint density at radius 1 is 1.50 bits per heavy atom. The highest BCUT2D eigenvalue weighted by molar-refractivity contribution is 6.34. The number of aliphatic hydroxyl groups is 1. The van der Waals surface area contributed by atoms with Crippen molar-refractivity contribution in [1.29, 1.82) is 0 Å². The number of carbonyl (C=O) groups excluding carboxylic acids is 1. The van der Waals surface area contributed by atoms with E-state index in [9.17, 15) is 4.79 Å². The van der Waals surface area contributed by atoms with Gasteiger partial charge < -0.3 is 10.4 Å². The van der Waals surface area contributed by atoms with Gasteiger partial charge in [0, 0.05) is 11.9 Å². The molecule has 18 heavy (non-hydrogen) atoms. The molecule has 1 unspecified atom stereocenters. The van der Waals surface area contributed by atoms with E-state index in [0.29, 0.717) is 5.15 Å². The van der Waals surface area contributed by atoms with Crippen LogP contribution in [0.3, 0.4) is 0 Å². The maximum absolute atomic E-state index is 11.8. The van der Waals surface area contributed by atoms with Crippen molar-refractivity contribution in [1.82, 2.24) is 10.3 Å². The predicted octanol–water partition coefficient (Wildman–Crippen LogP) is 2.00. The summed E-state index contributed by atoms with van der Waals surface area (Å²) in [7, 11) is 0. The van der Waals surface area contributed by atoms with E-state index in [4.69, 9.17) is 16.7 Å². The summed E-state index contributed by atoms with van der Waals surface area (Å²) in [5.74, 6) is -0.344. The molecule has 0 aliphatic carbocycles. The SMILES string of the molecule is CC(O)CNC(=O)c1cc2ccccc2c(Cl)n1. The number of carbonyl (C=O) groups is 1. The van der Waals surface area contributed by atoms with Crippen molar-refractivity contribution in [3.05, 3.63) is 41.2 Å². The molecule has 2 aromatic rings. The number of aliphatic hydroxyl groups excluding tert-OH is 1. The Bertz CT molecular complexity index is 584. The van der Waals surface area contributed by atoms with Crippen LogP contribution >= 0.6 is 11.6 Å². The van der Waals surface area contributed by atoms with Crippen molar-refractivity contribution < 1.29 is 9.90 Å². The fourth-order valence-corrected chi connectivity index (χ4v) is 1.87. The first-order valence-electron chi connectivity index (χ1n) is 5.59. The Balaban J connectivity index is 2.31. The standard InChI is InChI=1S/C13H13ClN2O2/c1-8(17)7-15-13(18)11-6-9-4-2-3-5-10(9)12(14)16-11/h2-6,8,17H,7H2,1H3,(H,15,18). The Hall–Kier alpha value is -1.65. The molecule has 1 atom stereocenters. The molecule has 5 heteroatoms. The minimum Gasteiger partial charge on any atom is -0.392 e. The van der Waals surface area contributed by atoms with Crippen LogP contribution in [0.5, 0.6) is 0 Å². The number of rotatable bonds is 3. The number of benzene rings is 1. The molecule has 0 saturated carbocycles. The molecule has 94 valence electrons. The molecule has 4 nitrogen and oxygen atoms in total. The molecule has 0 aliphatic heterocycles. The lowest BCUT2D eigenvalue weighted by Gasteiger charge is -2.08. The first kappa shape index (κ1) is 12.8. The van der Waals surface area contributed by atoms with Crippen molar-refractivity contribution >= 4 is 28.3 Å². The van der Waals surface area contributed by atoms with Gasteiger partial charge in [0.15, 0.2) is 0 Å². The first-order chi connectivity index (χ1) is 8.58. The molecule has 0 fully saturated rings. The van der Waals surface area contributed by atoms with Gasteiger partial charge in [0.2, 0.25) is 0 Å². The molecule has 1 aromatic carbocycles. The average Bonchev–Trinajstić information content (AvgIpc) is 2.36. The second-order valence-electron chi connectivity index (χ2n) is 4.08. The van der Waals surface area contributed by atoms with Gasteiger partial charge in [-0.15, -0.1) is 0 Å². The van der Waals surface area contributed by atoms with Crippen LogP contribution in [0.15, 0.2) is 30.3 Å². The number of nitrogens with one attached hydrogen (secondary N) is 1. The van der Waals surface area contributed by atoms with Crippen molar-refractivity contribution in [2.24, 2.45) is 0 Å². The molecule has 1 aromatic heterocycles. The van der Waals surface area contributed by atoms with E-state index in [0.717, 1.165) is 10.8 Å². The average molecular weight is 265 g/mol. The number of hydrogen-bond donors (Lipinski definition) is 2. The number of pyridine rings is 1. The summed E-state index contributed by atoms with van der Waals surface area (Å²) in [6.45, 7) is 1.78. The zero-order chi connectivity index (χ0) is 13.1. The number of aromatic nitrogens is 1. The third-order valence-electron chi connectivity index (χ3n) is 2.48. The molecule has 2 rings (SSSR count). The molecular formula is C13H13ClN2O2. The summed E-state index contributed by atoms with van der Waals surface area (Å²) in [6, 6.07) is 9.13. The molecular weight excluding hydrogens is 252 g/mol. The van der Waals surface area contributed by atoms with Crippen LogP contribution in [-0.4, -0.2) is 28.6 Å². The van der Waals surface area contributed by atoms with Crippen LogP contribution in [-0.2, 0) is 0 Å². The Morgan fingerprint density at radius 3 is 2.94 bits per heavy atom. The summed E-state index contributed by atoms with van der Waals surface area (Å²) in [4.78, 5) is 15.9. The van der Waals surface area contributed by atoms with Crippen molar-refractivity contribution in [3.63, 3.8) is 0 Å². The maximum atomic E-state index is 11.8. The molecule has 0 aliphatic rings. The number of hydrogen-bond acceptors (Lipinski definition) is 3. The summed E-state index contributed by atoms with van der Waals surface area (Å²) in [6.07, 6.45) is -0.593. The highest BCUT2D eigenvalue weighted by atomic mass is 35.5. The van der Waals surface area contributed by atoms with E-state index >= 15 is 0 Å². The van der Waals surface area contributed by atoms with E-state index in [1.165, 1.54) is 0 Å². The second-order valence-corrected chi connectivity index (χ2v) is 4.44. The number of nitrogens with zero attached hydrogens (tertiary/aromatic N) is 1. The van der Waals surface area contributed by atoms with Crippen LogP contribution in [0.1, 0.15) is 17.4 Å².